The van der Waals surface area contributed by atoms with Crippen LogP contribution < -0.4 is 16.4 Å². The molecule has 0 spiro atoms. The Labute approximate surface area is 240 Å². The number of carbonyl (C=O) groups is 2. The summed E-state index contributed by atoms with van der Waals surface area (Å²) >= 11 is 0. The molecule has 9 nitrogen and oxygen atoms in total. The number of amides is 2. The third kappa shape index (κ3) is 7.18. The topological polar surface area (TPSA) is 132 Å². The van der Waals surface area contributed by atoms with Crippen LogP contribution in [-0.4, -0.2) is 27.7 Å². The molecule has 3 aromatic carbocycles. The van der Waals surface area contributed by atoms with Crippen LogP contribution in [0.2, 0.25) is 0 Å². The van der Waals surface area contributed by atoms with Crippen LogP contribution in [-0.2, 0) is 15.1 Å². The number of hydrogen-bond donors (Lipinski definition) is 3. The number of ether oxygens (including phenoxy) is 1. The maximum Gasteiger partial charge on any atom is 0.408 e. The summed E-state index contributed by atoms with van der Waals surface area (Å²) in [5.41, 5.74) is 7.49. The molecule has 4 N–H and O–H groups in total. The van der Waals surface area contributed by atoms with Gasteiger partial charge in [0.1, 0.15) is 11.1 Å². The maximum absolute atomic E-state index is 13.7. The monoisotopic (exact) mass is 555 g/mol. The van der Waals surface area contributed by atoms with Crippen molar-refractivity contribution in [3.8, 4) is 0 Å². The van der Waals surface area contributed by atoms with Gasteiger partial charge in [-0.2, -0.15) is 4.98 Å². The lowest BCUT2D eigenvalue weighted by atomic mass is 9.77. The molecule has 214 valence electrons. The zero-order valence-electron chi connectivity index (χ0n) is 23.8. The predicted molar refractivity (Wildman–Crippen MR) is 156 cm³/mol. The summed E-state index contributed by atoms with van der Waals surface area (Å²) in [4.78, 5) is 30.4. The number of nitrogens with two attached hydrogens (primary N) is 1. The van der Waals surface area contributed by atoms with Gasteiger partial charge in [0.2, 0.25) is 11.8 Å². The van der Waals surface area contributed by atoms with Gasteiger partial charge in [-0.05, 0) is 43.9 Å². The average molecular weight is 556 g/mol. The Bertz CT molecular complexity index is 1320. The average Bonchev–Trinajstić information content (AvgIpc) is 3.46. The van der Waals surface area contributed by atoms with Gasteiger partial charge < -0.3 is 25.6 Å². The molecule has 0 saturated carbocycles. The van der Waals surface area contributed by atoms with Gasteiger partial charge in [-0.1, -0.05) is 103 Å². The highest BCUT2D eigenvalue weighted by Gasteiger charge is 2.38. The molecule has 4 aromatic rings. The minimum atomic E-state index is -0.967. The number of benzene rings is 3. The number of carbonyl (C=O) groups excluding carboxylic acids is 2. The van der Waals surface area contributed by atoms with E-state index in [-0.39, 0.29) is 24.0 Å². The Balaban J connectivity index is 1.58. The first-order valence-electron chi connectivity index (χ1n) is 13.7. The van der Waals surface area contributed by atoms with E-state index in [1.54, 1.807) is 20.8 Å². The lowest BCUT2D eigenvalue weighted by Crippen LogP contribution is -2.48. The van der Waals surface area contributed by atoms with E-state index in [1.165, 1.54) is 0 Å². The van der Waals surface area contributed by atoms with Crippen molar-refractivity contribution >= 4 is 12.0 Å². The van der Waals surface area contributed by atoms with E-state index in [1.807, 2.05) is 97.9 Å². The molecule has 0 aliphatic carbocycles. The molecule has 2 amide bonds. The van der Waals surface area contributed by atoms with Gasteiger partial charge in [0.25, 0.3) is 0 Å². The normalized spacial score (nSPS) is 13.2. The van der Waals surface area contributed by atoms with E-state index in [0.717, 1.165) is 16.7 Å². The van der Waals surface area contributed by atoms with E-state index in [4.69, 9.17) is 15.0 Å². The van der Waals surface area contributed by atoms with Crippen molar-refractivity contribution < 1.29 is 18.8 Å². The number of nitrogens with one attached hydrogen (secondary N) is 2. The summed E-state index contributed by atoms with van der Waals surface area (Å²) in [7, 11) is 0. The molecule has 0 aliphatic rings. The fourth-order valence-electron chi connectivity index (χ4n) is 4.67. The Kier molecular flexibility index (Phi) is 9.19. The van der Waals surface area contributed by atoms with Crippen molar-refractivity contribution in [2.75, 3.05) is 0 Å². The maximum atomic E-state index is 13.7. The molecule has 0 bridgehead atoms. The van der Waals surface area contributed by atoms with Crippen LogP contribution >= 0.6 is 0 Å². The number of rotatable bonds is 10. The van der Waals surface area contributed by atoms with Gasteiger partial charge in [-0.15, -0.1) is 0 Å². The first-order chi connectivity index (χ1) is 19.6. The molecule has 0 fully saturated rings. The summed E-state index contributed by atoms with van der Waals surface area (Å²) < 4.78 is 10.8. The summed E-state index contributed by atoms with van der Waals surface area (Å²) in [6.07, 6.45) is -0.188. The van der Waals surface area contributed by atoms with Crippen LogP contribution in [0.4, 0.5) is 4.79 Å². The Morgan fingerprint density at radius 3 is 1.80 bits per heavy atom. The largest absolute Gasteiger partial charge is 0.444 e. The van der Waals surface area contributed by atoms with Crippen LogP contribution in [0.15, 0.2) is 95.5 Å². The summed E-state index contributed by atoms with van der Waals surface area (Å²) in [5, 5.41) is 10.1. The van der Waals surface area contributed by atoms with E-state index in [2.05, 4.69) is 20.8 Å². The van der Waals surface area contributed by atoms with Crippen molar-refractivity contribution in [2.24, 2.45) is 5.73 Å². The summed E-state index contributed by atoms with van der Waals surface area (Å²) in [6, 6.07) is 28.1. The number of nitrogens with zero attached hydrogens (tertiary/aromatic N) is 2. The molecular weight excluding hydrogens is 518 g/mol. The molecular formula is C32H37N5O4. The molecule has 0 aliphatic heterocycles. The molecule has 4 rings (SSSR count). The van der Waals surface area contributed by atoms with Crippen LogP contribution in [0, 0.1) is 0 Å². The summed E-state index contributed by atoms with van der Waals surface area (Å²) in [5.74, 6) is 0.0634. The van der Waals surface area contributed by atoms with Crippen molar-refractivity contribution in [3.63, 3.8) is 0 Å². The van der Waals surface area contributed by atoms with Crippen molar-refractivity contribution in [1.82, 2.24) is 20.8 Å². The summed E-state index contributed by atoms with van der Waals surface area (Å²) in [6.45, 7) is 7.23. The first kappa shape index (κ1) is 29.5. The lowest BCUT2D eigenvalue weighted by Gasteiger charge is -2.37. The minimum absolute atomic E-state index is 0.101. The highest BCUT2D eigenvalue weighted by atomic mass is 16.6. The van der Waals surface area contributed by atoms with Crippen molar-refractivity contribution in [3.05, 3.63) is 119 Å². The van der Waals surface area contributed by atoms with E-state index < -0.39 is 29.3 Å². The zero-order chi connectivity index (χ0) is 29.5. The smallest absolute Gasteiger partial charge is 0.408 e. The van der Waals surface area contributed by atoms with Crippen molar-refractivity contribution in [2.45, 2.75) is 63.8 Å². The van der Waals surface area contributed by atoms with Crippen LogP contribution in [0.25, 0.3) is 0 Å². The molecule has 0 unspecified atom stereocenters. The standard InChI is InChI=1S/C32H37N5O4/c1-5-26(34-30(39)40-31(2,3)4)28-35-29(41-37-28)25(33)21-27(38)36-32(22-15-9-6-10-16-22,23-17-11-7-12-18-23)24-19-13-8-14-20-24/h6-20,25-26H,5,21,33H2,1-4H3,(H,34,39)(H,36,38)/t25-,26-/m0/s1. The van der Waals surface area contributed by atoms with Gasteiger partial charge in [0, 0.05) is 0 Å². The molecule has 2 atom stereocenters. The van der Waals surface area contributed by atoms with Gasteiger partial charge in [0.15, 0.2) is 5.82 Å². The second-order valence-corrected chi connectivity index (χ2v) is 10.8. The van der Waals surface area contributed by atoms with E-state index in [9.17, 15) is 9.59 Å². The quantitative estimate of drug-likeness (QED) is 0.219. The second kappa shape index (κ2) is 12.8. The fraction of sp³-hybridized carbons (Fsp3) is 0.312. The first-order valence-corrected chi connectivity index (χ1v) is 13.7. The van der Waals surface area contributed by atoms with E-state index >= 15 is 0 Å². The van der Waals surface area contributed by atoms with E-state index in [0.29, 0.717) is 6.42 Å². The van der Waals surface area contributed by atoms with Gasteiger partial charge in [-0.3, -0.25) is 4.79 Å². The second-order valence-electron chi connectivity index (χ2n) is 10.8. The molecule has 9 heteroatoms. The van der Waals surface area contributed by atoms with Gasteiger partial charge >= 0.3 is 6.09 Å². The molecule has 41 heavy (non-hydrogen) atoms. The third-order valence-corrected chi connectivity index (χ3v) is 6.54. The molecule has 1 heterocycles. The highest BCUT2D eigenvalue weighted by Crippen LogP contribution is 2.37. The van der Waals surface area contributed by atoms with Crippen LogP contribution in [0.3, 0.4) is 0 Å². The predicted octanol–water partition coefficient (Wildman–Crippen LogP) is 5.54. The third-order valence-electron chi connectivity index (χ3n) is 6.54. The van der Waals surface area contributed by atoms with Gasteiger partial charge in [-0.25, -0.2) is 4.79 Å². The van der Waals surface area contributed by atoms with Crippen LogP contribution in [0.5, 0.6) is 0 Å². The number of hydrogen-bond acceptors (Lipinski definition) is 7. The molecule has 0 saturated heterocycles. The Morgan fingerprint density at radius 1 is 0.878 bits per heavy atom. The highest BCUT2D eigenvalue weighted by molar-refractivity contribution is 5.79. The molecule has 1 aromatic heterocycles. The molecule has 0 radical (unpaired) electrons. The lowest BCUT2D eigenvalue weighted by molar-refractivity contribution is -0.122. The number of alkyl carbamates (subject to hydrolysis) is 1. The van der Waals surface area contributed by atoms with Crippen LogP contribution in [0.1, 0.15) is 81.0 Å². The van der Waals surface area contributed by atoms with Crippen molar-refractivity contribution in [1.29, 1.82) is 0 Å². The SMILES string of the molecule is CC[C@H](NC(=O)OC(C)(C)C)c1noc([C@@H](N)CC(=O)NC(c2ccccc2)(c2ccccc2)c2ccccc2)n1. The Morgan fingerprint density at radius 2 is 1.37 bits per heavy atom. The number of aromatic nitrogens is 2. The van der Waals surface area contributed by atoms with Gasteiger partial charge in [0.05, 0.1) is 18.5 Å². The minimum Gasteiger partial charge on any atom is -0.444 e. The Hall–Kier alpha value is -4.50. The fourth-order valence-corrected chi connectivity index (χ4v) is 4.67. The zero-order valence-corrected chi connectivity index (χ0v) is 23.8.